The van der Waals surface area contributed by atoms with Crippen LogP contribution in [0.2, 0.25) is 5.02 Å². The van der Waals surface area contributed by atoms with Crippen LogP contribution in [0, 0.1) is 5.82 Å². The van der Waals surface area contributed by atoms with Gasteiger partial charge < -0.3 is 5.11 Å². The highest BCUT2D eigenvalue weighted by atomic mass is 35.5. The lowest BCUT2D eigenvalue weighted by atomic mass is 10.1. The maximum absolute atomic E-state index is 13.7. The third kappa shape index (κ3) is 4.62. The lowest BCUT2D eigenvalue weighted by Gasteiger charge is -2.28. The molecule has 0 unspecified atom stereocenters. The number of aliphatic hydroxyl groups is 1. The van der Waals surface area contributed by atoms with E-state index in [-0.39, 0.29) is 10.8 Å². The summed E-state index contributed by atoms with van der Waals surface area (Å²) in [6.45, 7) is 7.15. The Labute approximate surface area is 107 Å². The van der Waals surface area contributed by atoms with Crippen molar-refractivity contribution in [2.24, 2.45) is 0 Å². The first-order chi connectivity index (χ1) is 7.83. The van der Waals surface area contributed by atoms with Gasteiger partial charge in [0.15, 0.2) is 0 Å². The molecule has 0 amide bonds. The summed E-state index contributed by atoms with van der Waals surface area (Å²) in [6.07, 6.45) is 0. The Kier molecular flexibility index (Phi) is 4.92. The molecule has 17 heavy (non-hydrogen) atoms. The zero-order chi connectivity index (χ0) is 13.1. The molecule has 0 aliphatic heterocycles. The minimum Gasteiger partial charge on any atom is -0.389 e. The topological polar surface area (TPSA) is 23.5 Å². The highest BCUT2D eigenvalue weighted by Crippen LogP contribution is 2.19. The van der Waals surface area contributed by atoms with Crippen LogP contribution in [-0.4, -0.2) is 28.7 Å². The van der Waals surface area contributed by atoms with Crippen molar-refractivity contribution < 1.29 is 9.50 Å². The quantitative estimate of drug-likeness (QED) is 0.879. The molecule has 0 atom stereocenters. The zero-order valence-electron chi connectivity index (χ0n) is 10.5. The van der Waals surface area contributed by atoms with Gasteiger partial charge in [0.2, 0.25) is 0 Å². The van der Waals surface area contributed by atoms with E-state index in [1.165, 1.54) is 6.07 Å². The van der Waals surface area contributed by atoms with E-state index < -0.39 is 5.60 Å². The van der Waals surface area contributed by atoms with Crippen LogP contribution in [0.15, 0.2) is 18.2 Å². The van der Waals surface area contributed by atoms with Gasteiger partial charge in [-0.15, -0.1) is 0 Å². The van der Waals surface area contributed by atoms with Crippen LogP contribution < -0.4 is 0 Å². The first-order valence-electron chi connectivity index (χ1n) is 5.71. The summed E-state index contributed by atoms with van der Waals surface area (Å²) in [5.41, 5.74) is -0.228. The summed E-state index contributed by atoms with van der Waals surface area (Å²) in [7, 11) is 0. The Morgan fingerprint density at radius 3 is 2.59 bits per heavy atom. The number of halogens is 2. The predicted molar refractivity (Wildman–Crippen MR) is 68.7 cm³/mol. The minimum atomic E-state index is -0.787. The summed E-state index contributed by atoms with van der Waals surface area (Å²) in [6, 6.07) is 4.99. The van der Waals surface area contributed by atoms with Crippen molar-refractivity contribution >= 4 is 11.6 Å². The van der Waals surface area contributed by atoms with Crippen LogP contribution in [0.3, 0.4) is 0 Å². The number of hydrogen-bond donors (Lipinski definition) is 1. The van der Waals surface area contributed by atoms with Crippen molar-refractivity contribution in [2.45, 2.75) is 32.9 Å². The van der Waals surface area contributed by atoms with Crippen LogP contribution in [-0.2, 0) is 6.54 Å². The summed E-state index contributed by atoms with van der Waals surface area (Å²) in [4.78, 5) is 1.98. The second kappa shape index (κ2) is 5.80. The van der Waals surface area contributed by atoms with Gasteiger partial charge in [0.1, 0.15) is 5.82 Å². The highest BCUT2D eigenvalue weighted by molar-refractivity contribution is 6.30. The van der Waals surface area contributed by atoms with Crippen molar-refractivity contribution in [1.29, 1.82) is 0 Å². The summed E-state index contributed by atoms with van der Waals surface area (Å²) < 4.78 is 13.7. The van der Waals surface area contributed by atoms with Gasteiger partial charge in [0.05, 0.1) is 10.6 Å². The van der Waals surface area contributed by atoms with Crippen molar-refractivity contribution in [3.63, 3.8) is 0 Å². The molecule has 2 nitrogen and oxygen atoms in total. The average molecular weight is 260 g/mol. The van der Waals surface area contributed by atoms with E-state index in [9.17, 15) is 9.50 Å². The number of rotatable bonds is 5. The molecule has 0 aromatic heterocycles. The number of likely N-dealkylation sites (N-methyl/N-ethyl adjacent to an activating group) is 1. The Balaban J connectivity index is 2.77. The van der Waals surface area contributed by atoms with Crippen LogP contribution in [0.25, 0.3) is 0 Å². The first kappa shape index (κ1) is 14.4. The standard InChI is InChI=1S/C13H19ClFNO/c1-4-16(9-13(2,3)17)8-10-6-5-7-11(14)12(10)15/h5-7,17H,4,8-9H2,1-3H3. The SMILES string of the molecule is CCN(Cc1cccc(Cl)c1F)CC(C)(C)O. The molecule has 1 rings (SSSR count). The monoisotopic (exact) mass is 259 g/mol. The normalized spacial score (nSPS) is 12.2. The van der Waals surface area contributed by atoms with Crippen molar-refractivity contribution in [1.82, 2.24) is 4.90 Å². The average Bonchev–Trinajstić information content (AvgIpc) is 2.21. The van der Waals surface area contributed by atoms with E-state index in [1.807, 2.05) is 11.8 Å². The minimum absolute atomic E-state index is 0.141. The third-order valence-corrected chi connectivity index (χ3v) is 2.78. The zero-order valence-corrected chi connectivity index (χ0v) is 11.3. The molecule has 0 bridgehead atoms. The fourth-order valence-corrected chi connectivity index (χ4v) is 1.93. The van der Waals surface area contributed by atoms with Gasteiger partial charge in [-0.25, -0.2) is 4.39 Å². The molecule has 4 heteroatoms. The van der Waals surface area contributed by atoms with Crippen molar-refractivity contribution in [3.8, 4) is 0 Å². The van der Waals surface area contributed by atoms with E-state index >= 15 is 0 Å². The summed E-state index contributed by atoms with van der Waals surface area (Å²) in [5, 5.41) is 9.90. The molecule has 96 valence electrons. The van der Waals surface area contributed by atoms with Crippen molar-refractivity contribution in [2.75, 3.05) is 13.1 Å². The van der Waals surface area contributed by atoms with E-state index in [4.69, 9.17) is 11.6 Å². The van der Waals surface area contributed by atoms with E-state index in [1.54, 1.807) is 26.0 Å². The summed E-state index contributed by atoms with van der Waals surface area (Å²) >= 11 is 5.73. The smallest absolute Gasteiger partial charge is 0.146 e. The van der Waals surface area contributed by atoms with Gasteiger partial charge >= 0.3 is 0 Å². The number of benzene rings is 1. The maximum Gasteiger partial charge on any atom is 0.146 e. The maximum atomic E-state index is 13.7. The lowest BCUT2D eigenvalue weighted by Crippen LogP contribution is -2.38. The Morgan fingerprint density at radius 1 is 1.41 bits per heavy atom. The largest absolute Gasteiger partial charge is 0.389 e. The van der Waals surface area contributed by atoms with Gasteiger partial charge in [0.25, 0.3) is 0 Å². The molecular formula is C13H19ClFNO. The molecular weight excluding hydrogens is 241 g/mol. The van der Waals surface area contributed by atoms with Crippen LogP contribution in [0.5, 0.6) is 0 Å². The second-order valence-corrected chi connectivity index (χ2v) is 5.24. The predicted octanol–water partition coefficient (Wildman–Crippen LogP) is 3.07. The molecule has 1 N–H and O–H groups in total. The van der Waals surface area contributed by atoms with Crippen LogP contribution >= 0.6 is 11.6 Å². The Bertz CT molecular complexity index is 376. The molecule has 0 aliphatic carbocycles. The Morgan fingerprint density at radius 2 is 2.06 bits per heavy atom. The third-order valence-electron chi connectivity index (χ3n) is 2.48. The van der Waals surface area contributed by atoms with E-state index in [0.29, 0.717) is 18.7 Å². The van der Waals surface area contributed by atoms with E-state index in [2.05, 4.69) is 0 Å². The molecule has 0 heterocycles. The number of hydrogen-bond acceptors (Lipinski definition) is 2. The molecule has 0 saturated heterocycles. The fraction of sp³-hybridized carbons (Fsp3) is 0.538. The second-order valence-electron chi connectivity index (χ2n) is 4.83. The van der Waals surface area contributed by atoms with Crippen LogP contribution in [0.4, 0.5) is 4.39 Å². The van der Waals surface area contributed by atoms with Gasteiger partial charge in [-0.1, -0.05) is 30.7 Å². The fourth-order valence-electron chi connectivity index (χ4n) is 1.74. The molecule has 0 aliphatic rings. The van der Waals surface area contributed by atoms with Gasteiger partial charge in [0, 0.05) is 18.7 Å². The highest BCUT2D eigenvalue weighted by Gasteiger charge is 2.18. The summed E-state index contributed by atoms with van der Waals surface area (Å²) in [5.74, 6) is -0.372. The van der Waals surface area contributed by atoms with Gasteiger partial charge in [-0.2, -0.15) is 0 Å². The molecule has 1 aromatic rings. The molecule has 0 spiro atoms. The first-order valence-corrected chi connectivity index (χ1v) is 6.09. The number of nitrogens with zero attached hydrogens (tertiary/aromatic N) is 1. The van der Waals surface area contributed by atoms with Gasteiger partial charge in [-0.05, 0) is 26.5 Å². The van der Waals surface area contributed by atoms with E-state index in [0.717, 1.165) is 6.54 Å². The van der Waals surface area contributed by atoms with Gasteiger partial charge in [-0.3, -0.25) is 4.90 Å². The molecule has 1 aromatic carbocycles. The van der Waals surface area contributed by atoms with Crippen LogP contribution in [0.1, 0.15) is 26.3 Å². The lowest BCUT2D eigenvalue weighted by molar-refractivity contribution is 0.0350. The molecule has 0 radical (unpaired) electrons. The molecule has 0 saturated carbocycles. The van der Waals surface area contributed by atoms with Crippen molar-refractivity contribution in [3.05, 3.63) is 34.6 Å². The Hall–Kier alpha value is -0.640. The molecule has 0 fully saturated rings.